The molecule has 0 saturated carbocycles. The zero-order valence-electron chi connectivity index (χ0n) is 13.9. The van der Waals surface area contributed by atoms with Crippen molar-refractivity contribution in [3.8, 4) is 11.8 Å². The van der Waals surface area contributed by atoms with Crippen molar-refractivity contribution in [2.45, 2.75) is 26.7 Å². The fourth-order valence-electron chi connectivity index (χ4n) is 2.08. The molecule has 0 aliphatic rings. The van der Waals surface area contributed by atoms with Crippen molar-refractivity contribution in [1.29, 1.82) is 0 Å². The Labute approximate surface area is 147 Å². The summed E-state index contributed by atoms with van der Waals surface area (Å²) < 4.78 is 10.1. The smallest absolute Gasteiger partial charge is 0.324 e. The Morgan fingerprint density at radius 1 is 1.17 bits per heavy atom. The highest BCUT2D eigenvalue weighted by Gasteiger charge is 2.47. The number of carbonyl (C=O) groups is 2. The van der Waals surface area contributed by atoms with Crippen LogP contribution in [0.3, 0.4) is 0 Å². The van der Waals surface area contributed by atoms with E-state index in [0.717, 1.165) is 5.56 Å². The number of hydrogen-bond donors (Lipinski definition) is 0. The summed E-state index contributed by atoms with van der Waals surface area (Å²) in [7, 11) is 0. The normalized spacial score (nSPS) is 10.3. The van der Waals surface area contributed by atoms with E-state index >= 15 is 0 Å². The van der Waals surface area contributed by atoms with Gasteiger partial charge in [-0.2, -0.15) is 0 Å². The monoisotopic (exact) mass is 348 g/mol. The molecule has 128 valence electrons. The quantitative estimate of drug-likeness (QED) is 0.326. The van der Waals surface area contributed by atoms with E-state index in [1.165, 1.54) is 6.08 Å². The lowest BCUT2D eigenvalue weighted by atomic mass is 9.81. The molecular weight excluding hydrogens is 328 g/mol. The fraction of sp³-hybridized carbons (Fsp3) is 0.368. The van der Waals surface area contributed by atoms with Crippen molar-refractivity contribution in [2.24, 2.45) is 5.41 Å². The number of halogens is 1. The van der Waals surface area contributed by atoms with Crippen LogP contribution in [0, 0.1) is 17.3 Å². The number of benzene rings is 1. The molecule has 0 bridgehead atoms. The predicted molar refractivity (Wildman–Crippen MR) is 93.5 cm³/mol. The summed E-state index contributed by atoms with van der Waals surface area (Å²) in [4.78, 5) is 24.8. The molecule has 0 saturated heterocycles. The van der Waals surface area contributed by atoms with Gasteiger partial charge in [-0.1, -0.05) is 29.5 Å². The summed E-state index contributed by atoms with van der Waals surface area (Å²) in [5, 5.41) is 0.611. The molecule has 4 nitrogen and oxygen atoms in total. The molecular formula is C19H21ClO4. The van der Waals surface area contributed by atoms with Crippen LogP contribution in [0.15, 0.2) is 36.9 Å². The van der Waals surface area contributed by atoms with E-state index in [4.69, 9.17) is 21.1 Å². The topological polar surface area (TPSA) is 52.6 Å². The second-order valence-electron chi connectivity index (χ2n) is 5.00. The molecule has 0 aliphatic carbocycles. The van der Waals surface area contributed by atoms with E-state index < -0.39 is 17.4 Å². The minimum atomic E-state index is -1.49. The van der Waals surface area contributed by atoms with Gasteiger partial charge in [0.1, 0.15) is 0 Å². The Morgan fingerprint density at radius 3 is 2.17 bits per heavy atom. The number of allylic oxidation sites excluding steroid dienone is 1. The molecule has 1 rings (SSSR count). The van der Waals surface area contributed by atoms with Crippen LogP contribution in [-0.4, -0.2) is 25.2 Å². The maximum absolute atomic E-state index is 12.4. The average Bonchev–Trinajstić information content (AvgIpc) is 2.56. The first kappa shape index (κ1) is 19.8. The Morgan fingerprint density at radius 2 is 1.71 bits per heavy atom. The first-order valence-electron chi connectivity index (χ1n) is 7.70. The first-order chi connectivity index (χ1) is 11.5. The van der Waals surface area contributed by atoms with Gasteiger partial charge in [0.25, 0.3) is 0 Å². The lowest BCUT2D eigenvalue weighted by molar-refractivity contribution is -0.171. The predicted octanol–water partition coefficient (Wildman–Crippen LogP) is 3.77. The van der Waals surface area contributed by atoms with Gasteiger partial charge in [0, 0.05) is 17.0 Å². The Balaban J connectivity index is 3.11. The van der Waals surface area contributed by atoms with Gasteiger partial charge >= 0.3 is 11.9 Å². The van der Waals surface area contributed by atoms with E-state index in [2.05, 4.69) is 18.4 Å². The van der Waals surface area contributed by atoms with E-state index in [-0.39, 0.29) is 26.1 Å². The second kappa shape index (κ2) is 9.79. The van der Waals surface area contributed by atoms with Crippen LogP contribution < -0.4 is 0 Å². The molecule has 5 heteroatoms. The lowest BCUT2D eigenvalue weighted by Gasteiger charge is -2.26. The maximum atomic E-state index is 12.4. The van der Waals surface area contributed by atoms with Crippen LogP contribution in [0.1, 0.15) is 32.3 Å². The second-order valence-corrected chi connectivity index (χ2v) is 5.44. The van der Waals surface area contributed by atoms with Gasteiger partial charge in [-0.15, -0.1) is 6.58 Å². The maximum Gasteiger partial charge on any atom is 0.324 e. The Hall–Kier alpha value is -2.25. The molecule has 0 atom stereocenters. The van der Waals surface area contributed by atoms with Crippen LogP contribution in [0.2, 0.25) is 5.02 Å². The van der Waals surface area contributed by atoms with Crippen molar-refractivity contribution in [3.05, 3.63) is 47.5 Å². The summed E-state index contributed by atoms with van der Waals surface area (Å²) >= 11 is 5.83. The average molecular weight is 349 g/mol. The zero-order chi connectivity index (χ0) is 18.0. The van der Waals surface area contributed by atoms with Crippen LogP contribution in [0.4, 0.5) is 0 Å². The third-order valence-electron chi connectivity index (χ3n) is 3.29. The van der Waals surface area contributed by atoms with Crippen molar-refractivity contribution in [1.82, 2.24) is 0 Å². The first-order valence-corrected chi connectivity index (χ1v) is 8.07. The van der Waals surface area contributed by atoms with Crippen LogP contribution in [-0.2, 0) is 19.1 Å². The SMILES string of the molecule is C=CCC(CC#Cc1ccc(Cl)cc1)(C(=O)OCC)C(=O)OCC. The molecule has 0 radical (unpaired) electrons. The van der Waals surface area contributed by atoms with Crippen LogP contribution in [0.5, 0.6) is 0 Å². The van der Waals surface area contributed by atoms with E-state index in [0.29, 0.717) is 5.02 Å². The van der Waals surface area contributed by atoms with Gasteiger partial charge in [-0.25, -0.2) is 0 Å². The van der Waals surface area contributed by atoms with E-state index in [9.17, 15) is 9.59 Å². The van der Waals surface area contributed by atoms with Crippen molar-refractivity contribution >= 4 is 23.5 Å². The third kappa shape index (κ3) is 5.14. The molecule has 0 aliphatic heterocycles. The Kier molecular flexibility index (Phi) is 8.08. The molecule has 0 aromatic heterocycles. The molecule has 0 N–H and O–H groups in total. The fourth-order valence-corrected chi connectivity index (χ4v) is 2.21. The zero-order valence-corrected chi connectivity index (χ0v) is 14.7. The molecule has 24 heavy (non-hydrogen) atoms. The molecule has 1 aromatic rings. The minimum Gasteiger partial charge on any atom is -0.465 e. The molecule has 0 amide bonds. The number of hydrogen-bond acceptors (Lipinski definition) is 4. The third-order valence-corrected chi connectivity index (χ3v) is 3.54. The summed E-state index contributed by atoms with van der Waals surface area (Å²) in [5.41, 5.74) is -0.757. The van der Waals surface area contributed by atoms with Gasteiger partial charge in [0.15, 0.2) is 5.41 Å². The van der Waals surface area contributed by atoms with Crippen molar-refractivity contribution in [2.75, 3.05) is 13.2 Å². The number of ether oxygens (including phenoxy) is 2. The summed E-state index contributed by atoms with van der Waals surface area (Å²) in [6, 6.07) is 6.97. The highest BCUT2D eigenvalue weighted by Crippen LogP contribution is 2.31. The largest absolute Gasteiger partial charge is 0.465 e. The van der Waals surface area contributed by atoms with Gasteiger partial charge in [0.2, 0.25) is 0 Å². The molecule has 0 spiro atoms. The highest BCUT2D eigenvalue weighted by atomic mass is 35.5. The number of rotatable bonds is 7. The van der Waals surface area contributed by atoms with Crippen LogP contribution in [0.25, 0.3) is 0 Å². The highest BCUT2D eigenvalue weighted by molar-refractivity contribution is 6.30. The van der Waals surface area contributed by atoms with Crippen LogP contribution >= 0.6 is 11.6 Å². The minimum absolute atomic E-state index is 0.0146. The van der Waals surface area contributed by atoms with Crippen molar-refractivity contribution in [3.63, 3.8) is 0 Å². The van der Waals surface area contributed by atoms with Gasteiger partial charge in [0.05, 0.1) is 13.2 Å². The molecule has 1 aromatic carbocycles. The Bertz CT molecular complexity index is 620. The summed E-state index contributed by atoms with van der Waals surface area (Å²) in [5.74, 6) is 4.51. The standard InChI is InChI=1S/C19H21ClO4/c1-4-13-19(17(21)23-5-2,18(22)24-6-3)14-7-8-15-9-11-16(20)12-10-15/h4,9-12H,1,5-6,13-14H2,2-3H3. The number of esters is 2. The van der Waals surface area contributed by atoms with E-state index in [1.807, 2.05) is 0 Å². The van der Waals surface area contributed by atoms with Gasteiger partial charge < -0.3 is 9.47 Å². The van der Waals surface area contributed by atoms with E-state index in [1.54, 1.807) is 38.1 Å². The molecule has 0 unspecified atom stereocenters. The molecule has 0 fully saturated rings. The molecule has 0 heterocycles. The summed E-state index contributed by atoms with van der Waals surface area (Å²) in [6.07, 6.45) is 1.58. The lowest BCUT2D eigenvalue weighted by Crippen LogP contribution is -2.41. The summed E-state index contributed by atoms with van der Waals surface area (Å²) in [6.45, 7) is 7.33. The van der Waals surface area contributed by atoms with Gasteiger partial charge in [-0.05, 0) is 44.5 Å². The van der Waals surface area contributed by atoms with Gasteiger partial charge in [-0.3, -0.25) is 9.59 Å². The number of carbonyl (C=O) groups excluding carboxylic acids is 2. The van der Waals surface area contributed by atoms with Crippen molar-refractivity contribution < 1.29 is 19.1 Å².